The van der Waals surface area contributed by atoms with Crippen LogP contribution in [0.25, 0.3) is 0 Å². The minimum absolute atomic E-state index is 0.126. The van der Waals surface area contributed by atoms with Gasteiger partial charge in [0.05, 0.1) is 0 Å². The molecule has 4 rings (SSSR count). The van der Waals surface area contributed by atoms with Crippen molar-refractivity contribution >= 4 is 0 Å². The van der Waals surface area contributed by atoms with E-state index in [9.17, 15) is 13.2 Å². The lowest BCUT2D eigenvalue weighted by Gasteiger charge is -2.34. The smallest absolute Gasteiger partial charge is 0.406 e. The molecule has 166 valence electrons. The fourth-order valence-electron chi connectivity index (χ4n) is 6.81. The molecule has 3 fully saturated rings. The number of rotatable bonds is 5. The average molecular weight is 421 g/mol. The van der Waals surface area contributed by atoms with Gasteiger partial charge in [0.25, 0.3) is 0 Å². The zero-order chi connectivity index (χ0) is 21.1. The van der Waals surface area contributed by atoms with Crippen LogP contribution >= 0.6 is 0 Å². The monoisotopic (exact) mass is 420 g/mol. The lowest BCUT2D eigenvalue weighted by atomic mass is 9.71. The Kier molecular flexibility index (Phi) is 6.79. The first-order valence-electron chi connectivity index (χ1n) is 11.9. The standard InChI is InChI=1S/C26H35F3O/c1-2-3-18-16-23-10-8-21(9-11-24(23)17-18)19-4-6-20(7-5-19)22-12-14-25(15-13-22)30-26(27,28)29/h2,12-15,18-21,23-24H,1,3-11,16-17H2. The van der Waals surface area contributed by atoms with E-state index in [2.05, 4.69) is 17.4 Å². The summed E-state index contributed by atoms with van der Waals surface area (Å²) in [5, 5.41) is 0. The van der Waals surface area contributed by atoms with Crippen molar-refractivity contribution in [1.29, 1.82) is 0 Å². The molecule has 0 bridgehead atoms. The lowest BCUT2D eigenvalue weighted by Crippen LogP contribution is -2.21. The van der Waals surface area contributed by atoms with Crippen LogP contribution in [0.1, 0.15) is 82.1 Å². The highest BCUT2D eigenvalue weighted by molar-refractivity contribution is 5.29. The van der Waals surface area contributed by atoms with Gasteiger partial charge in [0.2, 0.25) is 0 Å². The first-order valence-corrected chi connectivity index (χ1v) is 11.9. The van der Waals surface area contributed by atoms with Crippen molar-refractivity contribution in [3.05, 3.63) is 42.5 Å². The number of ether oxygens (including phenoxy) is 1. The molecule has 0 heterocycles. The summed E-state index contributed by atoms with van der Waals surface area (Å²) in [4.78, 5) is 0. The Morgan fingerprint density at radius 3 is 1.80 bits per heavy atom. The Morgan fingerprint density at radius 1 is 0.800 bits per heavy atom. The second-order valence-corrected chi connectivity index (χ2v) is 10.0. The van der Waals surface area contributed by atoms with Crippen LogP contribution in [-0.2, 0) is 0 Å². The van der Waals surface area contributed by atoms with Gasteiger partial charge in [0, 0.05) is 0 Å². The van der Waals surface area contributed by atoms with E-state index in [-0.39, 0.29) is 5.75 Å². The molecule has 1 aromatic carbocycles. The van der Waals surface area contributed by atoms with Crippen molar-refractivity contribution in [2.45, 2.75) is 82.9 Å². The highest BCUT2D eigenvalue weighted by atomic mass is 19.4. The van der Waals surface area contributed by atoms with Crippen LogP contribution in [0.3, 0.4) is 0 Å². The van der Waals surface area contributed by atoms with Gasteiger partial charge in [-0.2, -0.15) is 0 Å². The van der Waals surface area contributed by atoms with E-state index < -0.39 is 6.36 Å². The van der Waals surface area contributed by atoms with Crippen molar-refractivity contribution in [1.82, 2.24) is 0 Å². The molecule has 2 unspecified atom stereocenters. The minimum atomic E-state index is -4.62. The predicted octanol–water partition coefficient (Wildman–Crippen LogP) is 8.27. The van der Waals surface area contributed by atoms with Gasteiger partial charge in [-0.3, -0.25) is 0 Å². The van der Waals surface area contributed by atoms with Crippen LogP contribution < -0.4 is 4.74 Å². The Bertz CT molecular complexity index is 671. The highest BCUT2D eigenvalue weighted by Crippen LogP contribution is 2.49. The van der Waals surface area contributed by atoms with Crippen molar-refractivity contribution in [3.63, 3.8) is 0 Å². The molecule has 30 heavy (non-hydrogen) atoms. The number of halogens is 3. The SMILES string of the molecule is C=CCC1CC2CCC(C3CCC(c4ccc(OC(F)(F)F)cc4)CC3)CCC2C1. The second kappa shape index (κ2) is 9.36. The molecule has 0 N–H and O–H groups in total. The van der Waals surface area contributed by atoms with Crippen LogP contribution in [-0.4, -0.2) is 6.36 Å². The molecular formula is C26H35F3O. The molecule has 3 aliphatic rings. The summed E-state index contributed by atoms with van der Waals surface area (Å²) < 4.78 is 41.0. The lowest BCUT2D eigenvalue weighted by molar-refractivity contribution is -0.274. The van der Waals surface area contributed by atoms with Gasteiger partial charge in [0.15, 0.2) is 0 Å². The predicted molar refractivity (Wildman–Crippen MR) is 114 cm³/mol. The van der Waals surface area contributed by atoms with Crippen LogP contribution in [0.15, 0.2) is 36.9 Å². The van der Waals surface area contributed by atoms with E-state index in [1.165, 1.54) is 69.9 Å². The van der Waals surface area contributed by atoms with E-state index in [1.807, 2.05) is 12.1 Å². The van der Waals surface area contributed by atoms with Crippen molar-refractivity contribution in [3.8, 4) is 5.75 Å². The summed E-state index contributed by atoms with van der Waals surface area (Å²) in [6, 6.07) is 6.55. The minimum Gasteiger partial charge on any atom is -0.406 e. The number of benzene rings is 1. The zero-order valence-electron chi connectivity index (χ0n) is 17.9. The van der Waals surface area contributed by atoms with Crippen LogP contribution in [0, 0.1) is 29.6 Å². The Balaban J connectivity index is 1.25. The largest absolute Gasteiger partial charge is 0.573 e. The molecule has 4 heteroatoms. The van der Waals surface area contributed by atoms with Crippen molar-refractivity contribution < 1.29 is 17.9 Å². The Hall–Kier alpha value is -1.45. The van der Waals surface area contributed by atoms with E-state index >= 15 is 0 Å². The third-order valence-electron chi connectivity index (χ3n) is 8.28. The van der Waals surface area contributed by atoms with Gasteiger partial charge in [-0.15, -0.1) is 19.8 Å². The topological polar surface area (TPSA) is 9.23 Å². The van der Waals surface area contributed by atoms with Crippen LogP contribution in [0.2, 0.25) is 0 Å². The van der Waals surface area contributed by atoms with E-state index in [0.29, 0.717) is 5.92 Å². The number of hydrogen-bond acceptors (Lipinski definition) is 1. The number of alkyl halides is 3. The highest BCUT2D eigenvalue weighted by Gasteiger charge is 2.38. The van der Waals surface area contributed by atoms with Crippen LogP contribution in [0.5, 0.6) is 5.75 Å². The third-order valence-corrected chi connectivity index (χ3v) is 8.28. The number of fused-ring (bicyclic) bond motifs is 1. The summed E-state index contributed by atoms with van der Waals surface area (Å²) in [5.74, 6) is 4.87. The maximum atomic E-state index is 12.3. The molecular weight excluding hydrogens is 385 g/mol. The molecule has 0 aliphatic heterocycles. The van der Waals surface area contributed by atoms with E-state index in [0.717, 1.165) is 48.0 Å². The molecule has 0 amide bonds. The molecule has 2 atom stereocenters. The molecule has 3 saturated carbocycles. The van der Waals surface area contributed by atoms with Gasteiger partial charge in [-0.05, 0) is 124 Å². The fourth-order valence-corrected chi connectivity index (χ4v) is 6.81. The average Bonchev–Trinajstić information content (AvgIpc) is 2.99. The van der Waals surface area contributed by atoms with Crippen molar-refractivity contribution in [2.75, 3.05) is 0 Å². The summed E-state index contributed by atoms with van der Waals surface area (Å²) in [7, 11) is 0. The number of hydrogen-bond donors (Lipinski definition) is 0. The molecule has 1 nitrogen and oxygen atoms in total. The first-order chi connectivity index (χ1) is 14.4. The summed E-state index contributed by atoms with van der Waals surface area (Å²) in [5.41, 5.74) is 1.16. The summed E-state index contributed by atoms with van der Waals surface area (Å²) in [6.45, 7) is 3.93. The van der Waals surface area contributed by atoms with Gasteiger partial charge >= 0.3 is 6.36 Å². The first kappa shape index (κ1) is 21.8. The van der Waals surface area contributed by atoms with Gasteiger partial charge in [0.1, 0.15) is 5.75 Å². The summed E-state index contributed by atoms with van der Waals surface area (Å²) in [6.07, 6.45) is 12.0. The van der Waals surface area contributed by atoms with Crippen LogP contribution in [0.4, 0.5) is 13.2 Å². The second-order valence-electron chi connectivity index (χ2n) is 10.0. The van der Waals surface area contributed by atoms with E-state index in [1.54, 1.807) is 0 Å². The molecule has 0 spiro atoms. The van der Waals surface area contributed by atoms with E-state index in [4.69, 9.17) is 0 Å². The van der Waals surface area contributed by atoms with Gasteiger partial charge < -0.3 is 4.74 Å². The van der Waals surface area contributed by atoms with Crippen molar-refractivity contribution in [2.24, 2.45) is 29.6 Å². The normalized spacial score (nSPS) is 34.8. The Morgan fingerprint density at radius 2 is 1.30 bits per heavy atom. The maximum absolute atomic E-state index is 12.3. The third kappa shape index (κ3) is 5.42. The Labute approximate surface area is 179 Å². The van der Waals surface area contributed by atoms with Gasteiger partial charge in [-0.25, -0.2) is 0 Å². The number of allylic oxidation sites excluding steroid dienone is 1. The zero-order valence-corrected chi connectivity index (χ0v) is 17.9. The molecule has 3 aliphatic carbocycles. The molecule has 0 saturated heterocycles. The maximum Gasteiger partial charge on any atom is 0.573 e. The molecule has 0 radical (unpaired) electrons. The quantitative estimate of drug-likeness (QED) is 0.436. The fraction of sp³-hybridized carbons (Fsp3) is 0.692. The summed E-state index contributed by atoms with van der Waals surface area (Å²) >= 11 is 0. The molecule has 1 aromatic rings. The van der Waals surface area contributed by atoms with Gasteiger partial charge in [-0.1, -0.05) is 18.2 Å². The molecule has 0 aromatic heterocycles.